The van der Waals surface area contributed by atoms with Gasteiger partial charge in [-0.15, -0.1) is 0 Å². The quantitative estimate of drug-likeness (QED) is 0.877. The molecule has 0 unspecified atom stereocenters. The lowest BCUT2D eigenvalue weighted by Gasteiger charge is -2.07. The summed E-state index contributed by atoms with van der Waals surface area (Å²) in [7, 11) is 0. The van der Waals surface area contributed by atoms with Crippen molar-refractivity contribution in [2.24, 2.45) is 0 Å². The van der Waals surface area contributed by atoms with E-state index in [1.54, 1.807) is 6.20 Å². The minimum absolute atomic E-state index is 0.0743. The first-order chi connectivity index (χ1) is 7.13. The third kappa shape index (κ3) is 3.97. The summed E-state index contributed by atoms with van der Waals surface area (Å²) in [6.07, 6.45) is 1.66. The van der Waals surface area contributed by atoms with Crippen LogP contribution < -0.4 is 10.6 Å². The number of carbonyl (C=O) groups is 1. The highest BCUT2D eigenvalue weighted by Crippen LogP contribution is 2.16. The molecule has 0 aliphatic rings. The lowest BCUT2D eigenvalue weighted by Crippen LogP contribution is -2.28. The van der Waals surface area contributed by atoms with Gasteiger partial charge in [-0.1, -0.05) is 6.92 Å². The normalized spacial score (nSPS) is 10.1. The maximum absolute atomic E-state index is 11.4. The number of rotatable bonds is 4. The van der Waals surface area contributed by atoms with Gasteiger partial charge in [0.25, 0.3) is 0 Å². The molecule has 0 atom stereocenters. The van der Waals surface area contributed by atoms with E-state index in [4.69, 9.17) is 0 Å². The van der Waals surface area contributed by atoms with Crippen molar-refractivity contribution in [3.05, 3.63) is 22.3 Å². The van der Waals surface area contributed by atoms with Gasteiger partial charge in [0.1, 0.15) is 5.82 Å². The van der Waals surface area contributed by atoms with Crippen molar-refractivity contribution in [2.75, 3.05) is 18.4 Å². The Morgan fingerprint density at radius 1 is 1.60 bits per heavy atom. The number of aryl methyl sites for hydroxylation is 1. The summed E-state index contributed by atoms with van der Waals surface area (Å²) in [5.74, 6) is 0.538. The van der Waals surface area contributed by atoms with Gasteiger partial charge in [0.15, 0.2) is 0 Å². The Hall–Kier alpha value is -0.940. The monoisotopic (exact) mass is 271 g/mol. The van der Waals surface area contributed by atoms with E-state index in [0.29, 0.717) is 12.4 Å². The molecule has 0 radical (unpaired) electrons. The molecule has 5 heteroatoms. The summed E-state index contributed by atoms with van der Waals surface area (Å²) < 4.78 is 0.907. The first-order valence-electron chi connectivity index (χ1n) is 4.76. The summed E-state index contributed by atoms with van der Waals surface area (Å²) in [4.78, 5) is 15.5. The smallest absolute Gasteiger partial charge is 0.239 e. The minimum atomic E-state index is -0.0743. The zero-order chi connectivity index (χ0) is 11.3. The molecule has 4 nitrogen and oxygen atoms in total. The van der Waals surface area contributed by atoms with Gasteiger partial charge in [0.05, 0.1) is 6.54 Å². The van der Waals surface area contributed by atoms with Crippen LogP contribution in [0.1, 0.15) is 12.5 Å². The standard InChI is InChI=1S/C10H14BrN3O/c1-3-12-6-9(15)14-10-7(2)4-8(11)5-13-10/h4-5,12H,3,6H2,1-2H3,(H,13,14,15). The van der Waals surface area contributed by atoms with Crippen LogP contribution in [0.5, 0.6) is 0 Å². The third-order valence-corrected chi connectivity index (χ3v) is 2.27. The van der Waals surface area contributed by atoms with Gasteiger partial charge in [0.2, 0.25) is 5.91 Å². The molecule has 82 valence electrons. The molecule has 0 aromatic carbocycles. The van der Waals surface area contributed by atoms with Crippen LogP contribution in [0.15, 0.2) is 16.7 Å². The number of carbonyl (C=O) groups excluding carboxylic acids is 1. The van der Waals surface area contributed by atoms with Crippen molar-refractivity contribution in [2.45, 2.75) is 13.8 Å². The highest BCUT2D eigenvalue weighted by Gasteiger charge is 2.05. The summed E-state index contributed by atoms with van der Waals surface area (Å²) in [5.41, 5.74) is 0.939. The van der Waals surface area contributed by atoms with Crippen LogP contribution in [0.4, 0.5) is 5.82 Å². The van der Waals surface area contributed by atoms with Gasteiger partial charge in [-0.25, -0.2) is 4.98 Å². The fourth-order valence-electron chi connectivity index (χ4n) is 1.09. The number of halogens is 1. The van der Waals surface area contributed by atoms with Crippen molar-refractivity contribution >= 4 is 27.7 Å². The van der Waals surface area contributed by atoms with Crippen LogP contribution >= 0.6 is 15.9 Å². The molecule has 0 bridgehead atoms. The Labute approximate surface area is 97.6 Å². The number of pyridine rings is 1. The zero-order valence-electron chi connectivity index (χ0n) is 8.80. The second-order valence-corrected chi connectivity index (χ2v) is 4.06. The molecule has 0 aliphatic heterocycles. The topological polar surface area (TPSA) is 54.0 Å². The van der Waals surface area contributed by atoms with E-state index in [1.807, 2.05) is 19.9 Å². The molecular weight excluding hydrogens is 258 g/mol. The number of anilines is 1. The van der Waals surface area contributed by atoms with Crippen molar-refractivity contribution in [1.82, 2.24) is 10.3 Å². The number of likely N-dealkylation sites (N-methyl/N-ethyl adjacent to an activating group) is 1. The number of hydrogen-bond donors (Lipinski definition) is 2. The molecular formula is C10H14BrN3O. The van der Waals surface area contributed by atoms with Crippen LogP contribution in [-0.2, 0) is 4.79 Å². The number of nitrogens with zero attached hydrogens (tertiary/aromatic N) is 1. The fourth-order valence-corrected chi connectivity index (χ4v) is 1.53. The summed E-state index contributed by atoms with van der Waals surface area (Å²) in [6, 6.07) is 1.91. The van der Waals surface area contributed by atoms with Gasteiger partial charge >= 0.3 is 0 Å². The SMILES string of the molecule is CCNCC(=O)Nc1ncc(Br)cc1C. The van der Waals surface area contributed by atoms with Crippen LogP contribution in [0.25, 0.3) is 0 Å². The van der Waals surface area contributed by atoms with E-state index in [-0.39, 0.29) is 5.91 Å². The highest BCUT2D eigenvalue weighted by atomic mass is 79.9. The molecule has 0 saturated heterocycles. The Balaban J connectivity index is 2.60. The van der Waals surface area contributed by atoms with Crippen LogP contribution in [0.2, 0.25) is 0 Å². The third-order valence-electron chi connectivity index (χ3n) is 1.84. The summed E-state index contributed by atoms with van der Waals surface area (Å²) in [5, 5.41) is 5.69. The average molecular weight is 272 g/mol. The predicted molar refractivity (Wildman–Crippen MR) is 63.8 cm³/mol. The Kier molecular flexibility index (Phi) is 4.71. The largest absolute Gasteiger partial charge is 0.309 e. The van der Waals surface area contributed by atoms with E-state index in [0.717, 1.165) is 16.6 Å². The molecule has 1 amide bonds. The van der Waals surface area contributed by atoms with Crippen molar-refractivity contribution in [3.8, 4) is 0 Å². The Morgan fingerprint density at radius 3 is 2.93 bits per heavy atom. The Morgan fingerprint density at radius 2 is 2.33 bits per heavy atom. The molecule has 0 fully saturated rings. The van der Waals surface area contributed by atoms with E-state index in [9.17, 15) is 4.79 Å². The maximum atomic E-state index is 11.4. The van der Waals surface area contributed by atoms with Crippen molar-refractivity contribution < 1.29 is 4.79 Å². The molecule has 0 spiro atoms. The second-order valence-electron chi connectivity index (χ2n) is 3.15. The van der Waals surface area contributed by atoms with Gasteiger partial charge in [0, 0.05) is 10.7 Å². The van der Waals surface area contributed by atoms with Crippen LogP contribution in [0, 0.1) is 6.92 Å². The molecule has 1 aromatic heterocycles. The maximum Gasteiger partial charge on any atom is 0.239 e. The fraction of sp³-hybridized carbons (Fsp3) is 0.400. The Bertz CT molecular complexity index is 355. The van der Waals surface area contributed by atoms with Crippen LogP contribution in [0.3, 0.4) is 0 Å². The first-order valence-corrected chi connectivity index (χ1v) is 5.55. The van der Waals surface area contributed by atoms with E-state index < -0.39 is 0 Å². The number of nitrogens with one attached hydrogen (secondary N) is 2. The second kappa shape index (κ2) is 5.82. The lowest BCUT2D eigenvalue weighted by atomic mass is 10.3. The van der Waals surface area contributed by atoms with Crippen molar-refractivity contribution in [3.63, 3.8) is 0 Å². The van der Waals surface area contributed by atoms with Gasteiger partial charge in [-0.05, 0) is 41.0 Å². The predicted octanol–water partition coefficient (Wildman–Crippen LogP) is 1.70. The van der Waals surface area contributed by atoms with E-state index >= 15 is 0 Å². The number of aromatic nitrogens is 1. The first kappa shape index (κ1) is 12.1. The molecule has 2 N–H and O–H groups in total. The van der Waals surface area contributed by atoms with Crippen LogP contribution in [-0.4, -0.2) is 24.0 Å². The van der Waals surface area contributed by atoms with Gasteiger partial charge in [-0.3, -0.25) is 4.79 Å². The molecule has 0 saturated carbocycles. The van der Waals surface area contributed by atoms with Crippen molar-refractivity contribution in [1.29, 1.82) is 0 Å². The molecule has 1 heterocycles. The van der Waals surface area contributed by atoms with E-state index in [1.165, 1.54) is 0 Å². The molecule has 0 aliphatic carbocycles. The highest BCUT2D eigenvalue weighted by molar-refractivity contribution is 9.10. The minimum Gasteiger partial charge on any atom is -0.309 e. The van der Waals surface area contributed by atoms with Gasteiger partial charge < -0.3 is 10.6 Å². The zero-order valence-corrected chi connectivity index (χ0v) is 10.4. The van der Waals surface area contributed by atoms with E-state index in [2.05, 4.69) is 31.5 Å². The molecule has 15 heavy (non-hydrogen) atoms. The number of amides is 1. The number of hydrogen-bond acceptors (Lipinski definition) is 3. The lowest BCUT2D eigenvalue weighted by molar-refractivity contribution is -0.115. The summed E-state index contributed by atoms with van der Waals surface area (Å²) >= 11 is 3.32. The summed E-state index contributed by atoms with van der Waals surface area (Å²) in [6.45, 7) is 4.95. The average Bonchev–Trinajstić information content (AvgIpc) is 2.19. The molecule has 1 rings (SSSR count). The van der Waals surface area contributed by atoms with Gasteiger partial charge in [-0.2, -0.15) is 0 Å². The molecule has 1 aromatic rings.